The predicted octanol–water partition coefficient (Wildman–Crippen LogP) is 6.26. The van der Waals surface area contributed by atoms with Gasteiger partial charge in [0, 0.05) is 26.5 Å². The zero-order chi connectivity index (χ0) is 14.7. The molecule has 0 aromatic heterocycles. The normalized spacial score (nSPS) is 10.7. The summed E-state index contributed by atoms with van der Waals surface area (Å²) in [5, 5.41) is 1.79. The molecule has 106 valence electrons. The van der Waals surface area contributed by atoms with E-state index in [4.69, 9.17) is 39.5 Å². The summed E-state index contributed by atoms with van der Waals surface area (Å²) in [7, 11) is 0. The molecule has 1 nitrogen and oxygen atoms in total. The van der Waals surface area contributed by atoms with Crippen LogP contribution < -0.4 is 4.74 Å². The van der Waals surface area contributed by atoms with Gasteiger partial charge in [-0.2, -0.15) is 0 Å². The standard InChI is InChI=1S/C14H9BrCl3FO/c15-6-9-3-11(17)4-12(18)14(9)20-7-8-1-2-10(16)5-13(8)19/h1-5H,6-7H2. The van der Waals surface area contributed by atoms with Gasteiger partial charge in [-0.05, 0) is 24.3 Å². The van der Waals surface area contributed by atoms with Crippen LogP contribution in [-0.4, -0.2) is 0 Å². The van der Waals surface area contributed by atoms with Crippen LogP contribution in [0.15, 0.2) is 30.3 Å². The molecule has 0 spiro atoms. The van der Waals surface area contributed by atoms with E-state index in [0.29, 0.717) is 31.7 Å². The Morgan fingerprint density at radius 3 is 2.40 bits per heavy atom. The third-order valence-electron chi connectivity index (χ3n) is 2.62. The van der Waals surface area contributed by atoms with Crippen LogP contribution in [-0.2, 0) is 11.9 Å². The number of benzene rings is 2. The fraction of sp³-hybridized carbons (Fsp3) is 0.143. The minimum absolute atomic E-state index is 0.0599. The smallest absolute Gasteiger partial charge is 0.142 e. The second-order valence-corrected chi connectivity index (χ2v) is 5.87. The highest BCUT2D eigenvalue weighted by molar-refractivity contribution is 9.08. The Balaban J connectivity index is 2.22. The van der Waals surface area contributed by atoms with E-state index in [1.54, 1.807) is 24.3 Å². The van der Waals surface area contributed by atoms with Crippen LogP contribution in [0.5, 0.6) is 5.75 Å². The van der Waals surface area contributed by atoms with Crippen molar-refractivity contribution in [1.82, 2.24) is 0 Å². The molecule has 0 unspecified atom stereocenters. The van der Waals surface area contributed by atoms with Crippen molar-refractivity contribution < 1.29 is 9.13 Å². The predicted molar refractivity (Wildman–Crippen MR) is 84.8 cm³/mol. The number of hydrogen-bond acceptors (Lipinski definition) is 1. The highest BCUT2D eigenvalue weighted by Gasteiger charge is 2.11. The van der Waals surface area contributed by atoms with Gasteiger partial charge in [0.25, 0.3) is 0 Å². The molecule has 0 fully saturated rings. The van der Waals surface area contributed by atoms with Crippen molar-refractivity contribution in [3.8, 4) is 5.75 Å². The van der Waals surface area contributed by atoms with Crippen LogP contribution in [0.25, 0.3) is 0 Å². The van der Waals surface area contributed by atoms with E-state index in [1.165, 1.54) is 6.07 Å². The van der Waals surface area contributed by atoms with Gasteiger partial charge in [-0.3, -0.25) is 0 Å². The summed E-state index contributed by atoms with van der Waals surface area (Å²) in [4.78, 5) is 0. The monoisotopic (exact) mass is 396 g/mol. The molecule has 0 heterocycles. The minimum atomic E-state index is -0.414. The lowest BCUT2D eigenvalue weighted by atomic mass is 10.2. The Hall–Kier alpha value is -0.480. The fourth-order valence-corrected chi connectivity index (χ4v) is 2.83. The summed E-state index contributed by atoms with van der Waals surface area (Å²) in [6.45, 7) is 0.0599. The number of ether oxygens (including phenoxy) is 1. The molecule has 0 atom stereocenters. The van der Waals surface area contributed by atoms with Crippen molar-refractivity contribution >= 4 is 50.7 Å². The number of rotatable bonds is 4. The van der Waals surface area contributed by atoms with Gasteiger partial charge in [0.05, 0.1) is 5.02 Å². The molecule has 6 heteroatoms. The Morgan fingerprint density at radius 2 is 1.75 bits per heavy atom. The van der Waals surface area contributed by atoms with Gasteiger partial charge >= 0.3 is 0 Å². The van der Waals surface area contributed by atoms with Gasteiger partial charge in [0.15, 0.2) is 0 Å². The van der Waals surface area contributed by atoms with Crippen molar-refractivity contribution in [3.63, 3.8) is 0 Å². The van der Waals surface area contributed by atoms with Crippen molar-refractivity contribution in [3.05, 3.63) is 62.3 Å². The lowest BCUT2D eigenvalue weighted by Gasteiger charge is -2.13. The molecule has 2 aromatic carbocycles. The van der Waals surface area contributed by atoms with Crippen LogP contribution in [0.4, 0.5) is 4.39 Å². The molecule has 2 rings (SSSR count). The fourth-order valence-electron chi connectivity index (χ4n) is 1.66. The first-order chi connectivity index (χ1) is 9.51. The van der Waals surface area contributed by atoms with Crippen molar-refractivity contribution in [1.29, 1.82) is 0 Å². The van der Waals surface area contributed by atoms with E-state index < -0.39 is 5.82 Å². The molecule has 2 aromatic rings. The van der Waals surface area contributed by atoms with Crippen LogP contribution in [0, 0.1) is 5.82 Å². The molecule has 0 bridgehead atoms. The van der Waals surface area contributed by atoms with Gasteiger partial charge in [-0.25, -0.2) is 4.39 Å². The van der Waals surface area contributed by atoms with Crippen LogP contribution in [0.1, 0.15) is 11.1 Å². The lowest BCUT2D eigenvalue weighted by molar-refractivity contribution is 0.298. The van der Waals surface area contributed by atoms with E-state index in [9.17, 15) is 4.39 Å². The van der Waals surface area contributed by atoms with E-state index >= 15 is 0 Å². The summed E-state index contributed by atoms with van der Waals surface area (Å²) >= 11 is 21.1. The molecule has 0 amide bonds. The summed E-state index contributed by atoms with van der Waals surface area (Å²) in [5.74, 6) is 0.0743. The molecule has 0 saturated heterocycles. The first-order valence-corrected chi connectivity index (χ1v) is 7.87. The number of hydrogen-bond donors (Lipinski definition) is 0. The van der Waals surface area contributed by atoms with Crippen LogP contribution >= 0.6 is 50.7 Å². The number of alkyl halides is 1. The molecule has 0 aliphatic rings. The maximum absolute atomic E-state index is 13.7. The average molecular weight is 398 g/mol. The largest absolute Gasteiger partial charge is 0.487 e. The van der Waals surface area contributed by atoms with Crippen LogP contribution in [0.3, 0.4) is 0 Å². The average Bonchev–Trinajstić information content (AvgIpc) is 2.38. The second kappa shape index (κ2) is 6.99. The Morgan fingerprint density at radius 1 is 1.00 bits per heavy atom. The second-order valence-electron chi connectivity index (χ2n) is 4.03. The zero-order valence-electron chi connectivity index (χ0n) is 10.1. The minimum Gasteiger partial charge on any atom is -0.487 e. The summed E-state index contributed by atoms with van der Waals surface area (Å²) in [5.41, 5.74) is 1.21. The molecule has 0 saturated carbocycles. The lowest BCUT2D eigenvalue weighted by Crippen LogP contribution is -2.01. The van der Waals surface area contributed by atoms with Gasteiger partial charge in [-0.15, -0.1) is 0 Å². The Kier molecular flexibility index (Phi) is 5.56. The molecule has 0 N–H and O–H groups in total. The maximum Gasteiger partial charge on any atom is 0.142 e. The highest BCUT2D eigenvalue weighted by Crippen LogP contribution is 2.34. The summed E-state index contributed by atoms with van der Waals surface area (Å²) in [6.07, 6.45) is 0. The van der Waals surface area contributed by atoms with Crippen molar-refractivity contribution in [2.45, 2.75) is 11.9 Å². The van der Waals surface area contributed by atoms with Crippen LogP contribution in [0.2, 0.25) is 15.1 Å². The van der Waals surface area contributed by atoms with E-state index in [2.05, 4.69) is 15.9 Å². The first kappa shape index (κ1) is 15.9. The number of halogens is 5. The summed E-state index contributed by atoms with van der Waals surface area (Å²) in [6, 6.07) is 7.77. The molecule has 0 radical (unpaired) electrons. The van der Waals surface area contributed by atoms with Crippen molar-refractivity contribution in [2.24, 2.45) is 0 Å². The molecule has 0 aliphatic carbocycles. The van der Waals surface area contributed by atoms with Gasteiger partial charge in [0.2, 0.25) is 0 Å². The quantitative estimate of drug-likeness (QED) is 0.552. The molecule has 20 heavy (non-hydrogen) atoms. The van der Waals surface area contributed by atoms with E-state index in [1.807, 2.05) is 0 Å². The van der Waals surface area contributed by atoms with E-state index in [0.717, 1.165) is 5.56 Å². The Labute approximate surface area is 139 Å². The molecular formula is C14H9BrCl3FO. The molecule has 0 aliphatic heterocycles. The molecular weight excluding hydrogens is 389 g/mol. The zero-order valence-corrected chi connectivity index (χ0v) is 14.0. The van der Waals surface area contributed by atoms with Gasteiger partial charge < -0.3 is 4.74 Å². The van der Waals surface area contributed by atoms with Crippen molar-refractivity contribution in [2.75, 3.05) is 0 Å². The van der Waals surface area contributed by atoms with E-state index in [-0.39, 0.29) is 6.61 Å². The Bertz CT molecular complexity index is 634. The maximum atomic E-state index is 13.7. The third-order valence-corrected chi connectivity index (χ3v) is 3.95. The van der Waals surface area contributed by atoms with Gasteiger partial charge in [0.1, 0.15) is 18.2 Å². The SMILES string of the molecule is Fc1cc(Cl)ccc1COc1c(Cl)cc(Cl)cc1CBr. The van der Waals surface area contributed by atoms with Gasteiger partial charge in [-0.1, -0.05) is 56.8 Å². The first-order valence-electron chi connectivity index (χ1n) is 5.62. The topological polar surface area (TPSA) is 9.23 Å². The third kappa shape index (κ3) is 3.79. The highest BCUT2D eigenvalue weighted by atomic mass is 79.9. The summed E-state index contributed by atoms with van der Waals surface area (Å²) < 4.78 is 19.3.